The van der Waals surface area contributed by atoms with Gasteiger partial charge in [-0.25, -0.2) is 14.8 Å². The van der Waals surface area contributed by atoms with Gasteiger partial charge in [0.15, 0.2) is 6.61 Å². The summed E-state index contributed by atoms with van der Waals surface area (Å²) in [5.41, 5.74) is 6.13. The van der Waals surface area contributed by atoms with E-state index in [0.717, 1.165) is 28.2 Å². The number of carbonyl (C=O) groups is 2. The van der Waals surface area contributed by atoms with Crippen LogP contribution in [0.5, 0.6) is 11.5 Å². The summed E-state index contributed by atoms with van der Waals surface area (Å²) in [4.78, 5) is 34.9. The molecule has 8 nitrogen and oxygen atoms in total. The van der Waals surface area contributed by atoms with E-state index in [1.807, 2.05) is 67.6 Å². The predicted molar refractivity (Wildman–Crippen MR) is 154 cm³/mol. The first kappa shape index (κ1) is 26.4. The summed E-state index contributed by atoms with van der Waals surface area (Å²) in [6.07, 6.45) is 0. The van der Waals surface area contributed by atoms with Crippen LogP contribution in [0.1, 0.15) is 15.9 Å². The lowest BCUT2D eigenvalue weighted by atomic mass is 10.0. The fraction of sp³-hybridized carbons (Fsp3) is 0.125. The van der Waals surface area contributed by atoms with Gasteiger partial charge in [-0.15, -0.1) is 0 Å². The second kappa shape index (κ2) is 11.7. The van der Waals surface area contributed by atoms with Crippen LogP contribution < -0.4 is 14.8 Å². The van der Waals surface area contributed by atoms with Crippen molar-refractivity contribution in [1.82, 2.24) is 9.97 Å². The van der Waals surface area contributed by atoms with Crippen molar-refractivity contribution in [3.05, 3.63) is 102 Å². The molecule has 0 aliphatic rings. The molecule has 0 spiro atoms. The third-order valence-corrected chi connectivity index (χ3v) is 6.30. The molecule has 4 aromatic carbocycles. The van der Waals surface area contributed by atoms with Crippen LogP contribution in [0.25, 0.3) is 33.5 Å². The minimum Gasteiger partial charge on any atom is -0.497 e. The highest BCUT2D eigenvalue weighted by Crippen LogP contribution is 2.33. The molecule has 1 amide bonds. The van der Waals surface area contributed by atoms with Crippen molar-refractivity contribution < 1.29 is 23.8 Å². The number of benzene rings is 4. The van der Waals surface area contributed by atoms with Crippen molar-refractivity contribution in [2.24, 2.45) is 0 Å². The van der Waals surface area contributed by atoms with Crippen LogP contribution in [-0.2, 0) is 9.53 Å². The van der Waals surface area contributed by atoms with Crippen LogP contribution in [0.3, 0.4) is 0 Å². The Balaban J connectivity index is 1.43. The molecule has 0 radical (unpaired) electrons. The van der Waals surface area contributed by atoms with Crippen LogP contribution in [-0.4, -0.2) is 42.7 Å². The Hall–Kier alpha value is -5.24. The maximum Gasteiger partial charge on any atom is 0.338 e. The molecule has 5 rings (SSSR count). The number of hydrogen-bond acceptors (Lipinski definition) is 7. The first-order valence-electron chi connectivity index (χ1n) is 12.6. The Morgan fingerprint density at radius 1 is 0.700 bits per heavy atom. The summed E-state index contributed by atoms with van der Waals surface area (Å²) in [6, 6.07) is 27.4. The van der Waals surface area contributed by atoms with Crippen molar-refractivity contribution in [2.75, 3.05) is 26.1 Å². The van der Waals surface area contributed by atoms with Crippen molar-refractivity contribution >= 4 is 28.6 Å². The summed E-state index contributed by atoms with van der Waals surface area (Å²) >= 11 is 0. The number of nitrogens with one attached hydrogen (secondary N) is 1. The standard InChI is InChI=1S/C32H27N3O5/c1-20-4-11-24(12-5-20)33-29(36)19-40-32(37)23-10-17-27-28(18-23)35-31(22-8-15-26(39-3)16-9-22)30(34-27)21-6-13-25(38-2)14-7-21/h4-18H,19H2,1-3H3,(H,33,36). The molecule has 0 aliphatic heterocycles. The topological polar surface area (TPSA) is 99.6 Å². The zero-order valence-corrected chi connectivity index (χ0v) is 22.3. The maximum absolute atomic E-state index is 12.8. The molecular weight excluding hydrogens is 506 g/mol. The fourth-order valence-corrected chi connectivity index (χ4v) is 4.13. The Bertz CT molecular complexity index is 1670. The molecule has 5 aromatic rings. The largest absolute Gasteiger partial charge is 0.497 e. The van der Waals surface area contributed by atoms with E-state index in [4.69, 9.17) is 24.2 Å². The zero-order chi connectivity index (χ0) is 28.1. The molecule has 0 aliphatic carbocycles. The molecule has 0 saturated carbocycles. The average Bonchev–Trinajstić information content (AvgIpc) is 3.00. The van der Waals surface area contributed by atoms with Crippen molar-refractivity contribution in [1.29, 1.82) is 0 Å². The Morgan fingerprint density at radius 2 is 1.25 bits per heavy atom. The summed E-state index contributed by atoms with van der Waals surface area (Å²) in [5.74, 6) is 0.399. The van der Waals surface area contributed by atoms with Gasteiger partial charge in [0, 0.05) is 16.8 Å². The number of esters is 1. The van der Waals surface area contributed by atoms with Gasteiger partial charge in [0.1, 0.15) is 11.5 Å². The number of aryl methyl sites for hydroxylation is 1. The van der Waals surface area contributed by atoms with Gasteiger partial charge < -0.3 is 19.5 Å². The molecule has 200 valence electrons. The fourth-order valence-electron chi connectivity index (χ4n) is 4.13. The summed E-state index contributed by atoms with van der Waals surface area (Å²) in [5, 5.41) is 2.71. The van der Waals surface area contributed by atoms with E-state index in [0.29, 0.717) is 28.1 Å². The molecule has 0 unspecified atom stereocenters. The predicted octanol–water partition coefficient (Wildman–Crippen LogP) is 6.08. The van der Waals surface area contributed by atoms with Crippen molar-refractivity contribution in [2.45, 2.75) is 6.92 Å². The van der Waals surface area contributed by atoms with E-state index in [-0.39, 0.29) is 5.56 Å². The van der Waals surface area contributed by atoms with E-state index >= 15 is 0 Å². The summed E-state index contributed by atoms with van der Waals surface area (Å²) in [6.45, 7) is 1.55. The third-order valence-electron chi connectivity index (χ3n) is 6.30. The van der Waals surface area contributed by atoms with E-state index in [1.165, 1.54) is 0 Å². The number of methoxy groups -OCH3 is 2. The molecule has 0 atom stereocenters. The third kappa shape index (κ3) is 5.91. The lowest BCUT2D eigenvalue weighted by Crippen LogP contribution is -2.20. The van der Waals surface area contributed by atoms with Crippen LogP contribution in [0.4, 0.5) is 5.69 Å². The first-order chi connectivity index (χ1) is 19.4. The number of anilines is 1. The molecule has 1 N–H and O–H groups in total. The van der Waals surface area contributed by atoms with E-state index < -0.39 is 18.5 Å². The Labute approximate surface area is 231 Å². The Kier molecular flexibility index (Phi) is 7.68. The molecule has 0 bridgehead atoms. The van der Waals surface area contributed by atoms with Gasteiger partial charge in [0.05, 0.1) is 42.2 Å². The number of carbonyl (C=O) groups excluding carboxylic acids is 2. The normalized spacial score (nSPS) is 10.7. The molecule has 0 fully saturated rings. The minimum absolute atomic E-state index is 0.266. The van der Waals surface area contributed by atoms with Gasteiger partial charge in [-0.2, -0.15) is 0 Å². The van der Waals surface area contributed by atoms with Gasteiger partial charge in [-0.3, -0.25) is 4.79 Å². The lowest BCUT2D eigenvalue weighted by molar-refractivity contribution is -0.119. The number of fused-ring (bicyclic) bond motifs is 1. The molecule has 1 heterocycles. The number of aromatic nitrogens is 2. The van der Waals surface area contributed by atoms with Crippen molar-refractivity contribution in [3.8, 4) is 34.0 Å². The quantitative estimate of drug-likeness (QED) is 0.241. The van der Waals surface area contributed by atoms with Gasteiger partial charge in [-0.1, -0.05) is 17.7 Å². The van der Waals surface area contributed by atoms with Crippen LogP contribution in [0, 0.1) is 6.92 Å². The van der Waals surface area contributed by atoms with Gasteiger partial charge in [0.25, 0.3) is 5.91 Å². The molecule has 8 heteroatoms. The maximum atomic E-state index is 12.8. The highest BCUT2D eigenvalue weighted by atomic mass is 16.5. The minimum atomic E-state index is -0.631. The molecule has 0 saturated heterocycles. The van der Waals surface area contributed by atoms with E-state index in [1.54, 1.807) is 44.6 Å². The van der Waals surface area contributed by atoms with Crippen LogP contribution >= 0.6 is 0 Å². The number of rotatable bonds is 8. The summed E-state index contributed by atoms with van der Waals surface area (Å²) in [7, 11) is 3.23. The number of amides is 1. The molecule has 40 heavy (non-hydrogen) atoms. The second-order valence-electron chi connectivity index (χ2n) is 9.07. The molecule has 1 aromatic heterocycles. The van der Waals surface area contributed by atoms with Crippen molar-refractivity contribution in [3.63, 3.8) is 0 Å². The second-order valence-corrected chi connectivity index (χ2v) is 9.07. The summed E-state index contributed by atoms with van der Waals surface area (Å²) < 4.78 is 15.9. The van der Waals surface area contributed by atoms with E-state index in [2.05, 4.69) is 5.32 Å². The SMILES string of the molecule is COc1ccc(-c2nc3ccc(C(=O)OCC(=O)Nc4ccc(C)cc4)cc3nc2-c2ccc(OC)cc2)cc1. The van der Waals surface area contributed by atoms with Gasteiger partial charge in [0.2, 0.25) is 0 Å². The number of hydrogen-bond donors (Lipinski definition) is 1. The smallest absolute Gasteiger partial charge is 0.338 e. The first-order valence-corrected chi connectivity index (χ1v) is 12.6. The highest BCUT2D eigenvalue weighted by Gasteiger charge is 2.17. The van der Waals surface area contributed by atoms with Gasteiger partial charge in [-0.05, 0) is 85.8 Å². The van der Waals surface area contributed by atoms with E-state index in [9.17, 15) is 9.59 Å². The van der Waals surface area contributed by atoms with Crippen LogP contribution in [0.15, 0.2) is 91.0 Å². The number of ether oxygens (including phenoxy) is 3. The lowest BCUT2D eigenvalue weighted by Gasteiger charge is -2.12. The highest BCUT2D eigenvalue weighted by molar-refractivity contribution is 5.97. The van der Waals surface area contributed by atoms with Crippen LogP contribution in [0.2, 0.25) is 0 Å². The monoisotopic (exact) mass is 533 g/mol. The Morgan fingerprint density at radius 3 is 1.80 bits per heavy atom. The molecular formula is C32H27N3O5. The zero-order valence-electron chi connectivity index (χ0n) is 22.3. The average molecular weight is 534 g/mol. The number of nitrogens with zero attached hydrogens (tertiary/aromatic N) is 2. The van der Waals surface area contributed by atoms with Gasteiger partial charge >= 0.3 is 5.97 Å².